The fraction of sp³-hybridized carbons (Fsp3) is 0.0400. The van der Waals surface area contributed by atoms with E-state index >= 15 is 0 Å². The maximum Gasteiger partial charge on any atom is 0.165 e. The van der Waals surface area contributed by atoms with Crippen LogP contribution >= 0.6 is 0 Å². The molecule has 0 spiro atoms. The molecule has 0 saturated heterocycles. The molecule has 0 atom stereocenters. The number of nitriles is 1. The Morgan fingerprint density at radius 2 is 1.79 bits per heavy atom. The third-order valence-corrected chi connectivity index (χ3v) is 5.33. The molecule has 0 aliphatic rings. The molecule has 7 nitrogen and oxygen atoms in total. The number of aromatic nitrogens is 4. The van der Waals surface area contributed by atoms with E-state index in [9.17, 15) is 14.8 Å². The van der Waals surface area contributed by atoms with Crippen LogP contribution in [-0.2, 0) is 6.61 Å². The van der Waals surface area contributed by atoms with Crippen molar-refractivity contribution in [2.75, 3.05) is 5.73 Å². The number of pyridine rings is 2. The number of aliphatic hydroxyl groups excluding tert-OH is 1. The van der Waals surface area contributed by atoms with Crippen LogP contribution in [0.15, 0.2) is 72.9 Å². The highest BCUT2D eigenvalue weighted by atomic mass is 19.1. The second-order valence-electron chi connectivity index (χ2n) is 7.38. The summed E-state index contributed by atoms with van der Waals surface area (Å²) in [6.07, 6.45) is 1.60. The van der Waals surface area contributed by atoms with Gasteiger partial charge in [0.25, 0.3) is 0 Å². The molecule has 0 saturated carbocycles. The van der Waals surface area contributed by atoms with Crippen LogP contribution in [0.1, 0.15) is 11.1 Å². The molecule has 3 heterocycles. The lowest BCUT2D eigenvalue weighted by atomic mass is 10.1. The van der Waals surface area contributed by atoms with Crippen LogP contribution in [0, 0.1) is 17.1 Å². The molecule has 0 aliphatic heterocycles. The molecule has 33 heavy (non-hydrogen) atoms. The van der Waals surface area contributed by atoms with Crippen molar-refractivity contribution in [3.63, 3.8) is 0 Å². The molecular formula is C25H17FN6O. The maximum atomic E-state index is 13.5. The van der Waals surface area contributed by atoms with Gasteiger partial charge in [-0.15, -0.1) is 0 Å². The maximum absolute atomic E-state index is 13.5. The second-order valence-corrected chi connectivity index (χ2v) is 7.38. The van der Waals surface area contributed by atoms with Gasteiger partial charge in [0.05, 0.1) is 23.4 Å². The van der Waals surface area contributed by atoms with Crippen molar-refractivity contribution in [1.29, 1.82) is 5.26 Å². The number of nitrogens with two attached hydrogens (primary N) is 1. The van der Waals surface area contributed by atoms with Gasteiger partial charge in [-0.2, -0.15) is 5.26 Å². The Labute approximate surface area is 188 Å². The number of halogens is 1. The largest absolute Gasteiger partial charge is 0.392 e. The highest BCUT2D eigenvalue weighted by Crippen LogP contribution is 2.33. The third-order valence-electron chi connectivity index (χ3n) is 5.33. The first-order chi connectivity index (χ1) is 16.1. The van der Waals surface area contributed by atoms with Gasteiger partial charge in [-0.05, 0) is 60.2 Å². The number of hydrogen-bond donors (Lipinski definition) is 2. The zero-order valence-corrected chi connectivity index (χ0v) is 17.3. The third kappa shape index (κ3) is 3.56. The van der Waals surface area contributed by atoms with Crippen molar-refractivity contribution >= 4 is 17.0 Å². The lowest BCUT2D eigenvalue weighted by Crippen LogP contribution is -2.02. The summed E-state index contributed by atoms with van der Waals surface area (Å²) in [7, 11) is 0. The zero-order chi connectivity index (χ0) is 22.9. The van der Waals surface area contributed by atoms with E-state index in [4.69, 9.17) is 15.7 Å². The monoisotopic (exact) mass is 436 g/mol. The van der Waals surface area contributed by atoms with E-state index in [0.29, 0.717) is 45.2 Å². The Morgan fingerprint density at radius 3 is 2.45 bits per heavy atom. The van der Waals surface area contributed by atoms with Gasteiger partial charge in [0.1, 0.15) is 23.2 Å². The smallest absolute Gasteiger partial charge is 0.165 e. The molecule has 5 rings (SSSR count). The van der Waals surface area contributed by atoms with Gasteiger partial charge in [-0.1, -0.05) is 12.1 Å². The molecule has 3 N–H and O–H groups in total. The first-order valence-electron chi connectivity index (χ1n) is 10.1. The van der Waals surface area contributed by atoms with Crippen LogP contribution in [0.25, 0.3) is 39.5 Å². The van der Waals surface area contributed by atoms with Crippen LogP contribution < -0.4 is 5.73 Å². The molecule has 2 aromatic carbocycles. The van der Waals surface area contributed by atoms with Crippen LogP contribution in [0.2, 0.25) is 0 Å². The van der Waals surface area contributed by atoms with E-state index in [0.717, 1.165) is 11.3 Å². The Morgan fingerprint density at radius 1 is 1.03 bits per heavy atom. The van der Waals surface area contributed by atoms with Crippen molar-refractivity contribution in [3.05, 3.63) is 89.9 Å². The number of nitrogens with zero attached hydrogens (tertiary/aromatic N) is 5. The molecule has 0 aliphatic carbocycles. The van der Waals surface area contributed by atoms with Crippen LogP contribution in [0.5, 0.6) is 0 Å². The predicted molar refractivity (Wildman–Crippen MR) is 123 cm³/mol. The molecule has 0 unspecified atom stereocenters. The second kappa shape index (κ2) is 8.15. The Hall–Kier alpha value is -4.61. The summed E-state index contributed by atoms with van der Waals surface area (Å²) in [5.74, 6) is 0.446. The Bertz CT molecular complexity index is 1520. The summed E-state index contributed by atoms with van der Waals surface area (Å²) in [6, 6.07) is 20.5. The number of benzene rings is 2. The normalized spacial score (nSPS) is 10.9. The van der Waals surface area contributed by atoms with E-state index in [1.54, 1.807) is 30.5 Å². The summed E-state index contributed by atoms with van der Waals surface area (Å²) in [5, 5.41) is 19.2. The van der Waals surface area contributed by atoms with Gasteiger partial charge in [0.15, 0.2) is 11.5 Å². The first kappa shape index (κ1) is 20.3. The number of hydrogen-bond acceptors (Lipinski definition) is 6. The highest BCUT2D eigenvalue weighted by Gasteiger charge is 2.20. The Balaban J connectivity index is 1.84. The predicted octanol–water partition coefficient (Wildman–Crippen LogP) is 4.23. The number of rotatable bonds is 4. The van der Waals surface area contributed by atoms with E-state index < -0.39 is 0 Å². The van der Waals surface area contributed by atoms with Crippen LogP contribution in [0.3, 0.4) is 0 Å². The number of imidazole rings is 1. The summed E-state index contributed by atoms with van der Waals surface area (Å²) in [6.45, 7) is -0.0775. The van der Waals surface area contributed by atoms with Crippen LogP contribution in [0.4, 0.5) is 10.2 Å². The average Bonchev–Trinajstić information content (AvgIpc) is 3.22. The van der Waals surface area contributed by atoms with Crippen molar-refractivity contribution in [1.82, 2.24) is 19.5 Å². The SMILES string of the molecule is N#Cc1cc2nc(-c3cccnc3N)n(-c3ccc(CO)cc3)c2nc1-c1ccc(F)cc1. The molecular weight excluding hydrogens is 419 g/mol. The number of nitrogen functional groups attached to an aromatic ring is 1. The van der Waals surface area contributed by atoms with E-state index in [1.165, 1.54) is 12.1 Å². The van der Waals surface area contributed by atoms with E-state index in [-0.39, 0.29) is 12.4 Å². The minimum absolute atomic E-state index is 0.0775. The first-order valence-corrected chi connectivity index (χ1v) is 10.1. The average molecular weight is 436 g/mol. The minimum atomic E-state index is -0.373. The summed E-state index contributed by atoms with van der Waals surface area (Å²) >= 11 is 0. The van der Waals surface area contributed by atoms with Gasteiger partial charge in [0, 0.05) is 17.4 Å². The van der Waals surface area contributed by atoms with Gasteiger partial charge < -0.3 is 10.8 Å². The van der Waals surface area contributed by atoms with Gasteiger partial charge >= 0.3 is 0 Å². The zero-order valence-electron chi connectivity index (χ0n) is 17.3. The summed E-state index contributed by atoms with van der Waals surface area (Å²) in [5.41, 5.74) is 10.6. The summed E-state index contributed by atoms with van der Waals surface area (Å²) in [4.78, 5) is 13.7. The molecule has 160 valence electrons. The number of aliphatic hydroxyl groups is 1. The minimum Gasteiger partial charge on any atom is -0.392 e. The quantitative estimate of drug-likeness (QED) is 0.436. The highest BCUT2D eigenvalue weighted by molar-refractivity contribution is 5.86. The van der Waals surface area contributed by atoms with E-state index in [1.807, 2.05) is 34.9 Å². The molecule has 0 radical (unpaired) electrons. The van der Waals surface area contributed by atoms with Crippen molar-refractivity contribution in [2.24, 2.45) is 0 Å². The molecule has 0 amide bonds. The van der Waals surface area contributed by atoms with Gasteiger partial charge in [0.2, 0.25) is 0 Å². The topological polar surface area (TPSA) is 114 Å². The van der Waals surface area contributed by atoms with Gasteiger partial charge in [-0.25, -0.2) is 19.3 Å². The summed E-state index contributed by atoms with van der Waals surface area (Å²) < 4.78 is 15.3. The molecule has 8 heteroatoms. The number of fused-ring (bicyclic) bond motifs is 1. The lowest BCUT2D eigenvalue weighted by molar-refractivity contribution is 0.282. The Kier molecular flexibility index (Phi) is 5.01. The fourth-order valence-electron chi connectivity index (χ4n) is 3.70. The fourth-order valence-corrected chi connectivity index (χ4v) is 3.70. The standard InChI is InChI=1S/C25H17FN6O/c26-18-7-5-16(6-8-18)22-17(13-27)12-21-25(31-22)32(19-9-3-15(14-33)4-10-19)24(30-21)20-2-1-11-29-23(20)28/h1-12,33H,14H2,(H2,28,29). The molecule has 3 aromatic heterocycles. The van der Waals surface area contributed by atoms with E-state index in [2.05, 4.69) is 11.1 Å². The number of anilines is 1. The lowest BCUT2D eigenvalue weighted by Gasteiger charge is -2.11. The molecule has 0 bridgehead atoms. The molecule has 5 aromatic rings. The van der Waals surface area contributed by atoms with Crippen molar-refractivity contribution < 1.29 is 9.50 Å². The van der Waals surface area contributed by atoms with Gasteiger partial charge in [-0.3, -0.25) is 4.57 Å². The van der Waals surface area contributed by atoms with Crippen molar-refractivity contribution in [2.45, 2.75) is 6.61 Å². The van der Waals surface area contributed by atoms with Crippen LogP contribution in [-0.4, -0.2) is 24.6 Å². The molecule has 0 fully saturated rings. The van der Waals surface area contributed by atoms with Crippen molar-refractivity contribution in [3.8, 4) is 34.4 Å².